The van der Waals surface area contributed by atoms with Gasteiger partial charge in [-0.1, -0.05) is 26.7 Å². The Morgan fingerprint density at radius 2 is 1.89 bits per heavy atom. The Hall–Kier alpha value is -0.550. The second-order valence-electron chi connectivity index (χ2n) is 5.20. The fourth-order valence-electron chi connectivity index (χ4n) is 2.98. The molecule has 1 aromatic rings. The second-order valence-corrected chi connectivity index (χ2v) is 7.70. The molecule has 1 saturated carbocycles. The van der Waals surface area contributed by atoms with Crippen molar-refractivity contribution in [1.82, 2.24) is 9.78 Å². The predicted molar refractivity (Wildman–Crippen MR) is 76.0 cm³/mol. The topological polar surface area (TPSA) is 52.0 Å². The lowest BCUT2D eigenvalue weighted by Crippen LogP contribution is -2.12. The molecule has 1 aromatic heterocycles. The summed E-state index contributed by atoms with van der Waals surface area (Å²) in [5.41, 5.74) is 1.36. The molecule has 0 aromatic carbocycles. The number of rotatable bonds is 5. The molecule has 0 atom stereocenters. The zero-order valence-electron chi connectivity index (χ0n) is 11.5. The van der Waals surface area contributed by atoms with Gasteiger partial charge >= 0.3 is 0 Å². The van der Waals surface area contributed by atoms with E-state index in [4.69, 9.17) is 10.7 Å². The molecule has 0 unspecified atom stereocenters. The van der Waals surface area contributed by atoms with Crippen molar-refractivity contribution < 1.29 is 8.42 Å². The molecule has 0 bridgehead atoms. The molecule has 1 heterocycles. The van der Waals surface area contributed by atoms with E-state index < -0.39 is 9.05 Å². The van der Waals surface area contributed by atoms with Crippen LogP contribution in [-0.4, -0.2) is 18.2 Å². The van der Waals surface area contributed by atoms with Gasteiger partial charge < -0.3 is 0 Å². The van der Waals surface area contributed by atoms with Gasteiger partial charge in [0.2, 0.25) is 0 Å². The van der Waals surface area contributed by atoms with Crippen LogP contribution >= 0.6 is 10.7 Å². The van der Waals surface area contributed by atoms with E-state index in [1.807, 2.05) is 18.5 Å². The maximum atomic E-state index is 11.8. The first-order chi connectivity index (χ1) is 8.97. The molecule has 1 fully saturated rings. The maximum absolute atomic E-state index is 11.8. The lowest BCUT2D eigenvalue weighted by atomic mass is 10.1. The molecule has 0 radical (unpaired) electrons. The third-order valence-electron chi connectivity index (χ3n) is 3.90. The summed E-state index contributed by atoms with van der Waals surface area (Å²) in [5, 5.41) is 4.48. The second kappa shape index (κ2) is 5.83. The quantitative estimate of drug-likeness (QED) is 0.785. The Kier molecular flexibility index (Phi) is 4.56. The Labute approximate surface area is 119 Å². The van der Waals surface area contributed by atoms with Gasteiger partial charge in [0.15, 0.2) is 0 Å². The average molecular weight is 305 g/mol. The molecule has 0 saturated heterocycles. The molecule has 2 rings (SSSR count). The summed E-state index contributed by atoms with van der Waals surface area (Å²) in [6, 6.07) is 0. The van der Waals surface area contributed by atoms with Gasteiger partial charge in [0, 0.05) is 17.2 Å². The first-order valence-corrected chi connectivity index (χ1v) is 9.31. The van der Waals surface area contributed by atoms with E-state index in [2.05, 4.69) is 5.10 Å². The normalized spacial score (nSPS) is 17.2. The number of nitrogens with zero attached hydrogens (tertiary/aromatic N) is 2. The predicted octanol–water partition coefficient (Wildman–Crippen LogP) is 3.13. The van der Waals surface area contributed by atoms with Gasteiger partial charge in [0.05, 0.1) is 11.4 Å². The van der Waals surface area contributed by atoms with E-state index in [1.165, 1.54) is 25.7 Å². The van der Waals surface area contributed by atoms with Gasteiger partial charge in [0.1, 0.15) is 4.90 Å². The van der Waals surface area contributed by atoms with Gasteiger partial charge in [-0.2, -0.15) is 5.10 Å². The highest BCUT2D eigenvalue weighted by Crippen LogP contribution is 2.30. The van der Waals surface area contributed by atoms with Crippen LogP contribution in [0.25, 0.3) is 0 Å². The van der Waals surface area contributed by atoms with Crippen LogP contribution in [0.15, 0.2) is 4.90 Å². The highest BCUT2D eigenvalue weighted by molar-refractivity contribution is 8.13. The summed E-state index contributed by atoms with van der Waals surface area (Å²) in [6.07, 6.45) is 6.21. The van der Waals surface area contributed by atoms with Gasteiger partial charge in [-0.3, -0.25) is 4.68 Å². The molecule has 19 heavy (non-hydrogen) atoms. The smallest absolute Gasteiger partial charge is 0.264 e. The summed E-state index contributed by atoms with van der Waals surface area (Å²) in [6.45, 7) is 4.68. The molecular weight excluding hydrogens is 284 g/mol. The van der Waals surface area contributed by atoms with Crippen LogP contribution in [0.1, 0.15) is 50.9 Å². The Bertz CT molecular complexity index is 545. The minimum absolute atomic E-state index is 0.247. The lowest BCUT2D eigenvalue weighted by molar-refractivity contribution is 0.417. The van der Waals surface area contributed by atoms with Crippen molar-refractivity contribution in [2.45, 2.75) is 63.8 Å². The fourth-order valence-corrected chi connectivity index (χ4v) is 4.51. The Morgan fingerprint density at radius 1 is 1.26 bits per heavy atom. The van der Waals surface area contributed by atoms with Gasteiger partial charge in [-0.05, 0) is 31.6 Å². The molecule has 0 N–H and O–H groups in total. The molecule has 0 amide bonds. The fraction of sp³-hybridized carbons (Fsp3) is 0.769. The van der Waals surface area contributed by atoms with Crippen LogP contribution in [0, 0.1) is 5.92 Å². The molecule has 0 spiro atoms. The van der Waals surface area contributed by atoms with Crippen LogP contribution in [0.2, 0.25) is 0 Å². The zero-order valence-corrected chi connectivity index (χ0v) is 13.1. The minimum atomic E-state index is -3.71. The third kappa shape index (κ3) is 3.14. The third-order valence-corrected chi connectivity index (χ3v) is 5.32. The van der Waals surface area contributed by atoms with Crippen LogP contribution in [0.3, 0.4) is 0 Å². The Balaban J connectivity index is 2.41. The summed E-state index contributed by atoms with van der Waals surface area (Å²) in [4.78, 5) is 0.247. The van der Waals surface area contributed by atoms with Crippen molar-refractivity contribution >= 4 is 19.7 Å². The van der Waals surface area contributed by atoms with E-state index in [-0.39, 0.29) is 4.90 Å². The molecule has 1 aliphatic rings. The number of hydrogen-bond donors (Lipinski definition) is 0. The van der Waals surface area contributed by atoms with Gasteiger partial charge in [-0.25, -0.2) is 8.42 Å². The molecule has 0 aliphatic heterocycles. The van der Waals surface area contributed by atoms with Crippen molar-refractivity contribution in [2.75, 3.05) is 0 Å². The minimum Gasteiger partial charge on any atom is -0.268 e. The molecule has 6 heteroatoms. The van der Waals surface area contributed by atoms with E-state index in [1.54, 1.807) is 0 Å². The first kappa shape index (κ1) is 14.9. The molecule has 1 aliphatic carbocycles. The molecule has 4 nitrogen and oxygen atoms in total. The van der Waals surface area contributed by atoms with Crippen molar-refractivity contribution in [1.29, 1.82) is 0 Å². The highest BCUT2D eigenvalue weighted by atomic mass is 35.7. The summed E-state index contributed by atoms with van der Waals surface area (Å²) >= 11 is 0. The number of halogens is 1. The molecular formula is C13H21ClN2O2S. The van der Waals surface area contributed by atoms with Crippen LogP contribution in [-0.2, 0) is 28.4 Å². The van der Waals surface area contributed by atoms with Gasteiger partial charge in [0.25, 0.3) is 9.05 Å². The first-order valence-electron chi connectivity index (χ1n) is 7.00. The highest BCUT2D eigenvalue weighted by Gasteiger charge is 2.26. The van der Waals surface area contributed by atoms with E-state index >= 15 is 0 Å². The summed E-state index contributed by atoms with van der Waals surface area (Å²) in [5.74, 6) is 0.626. The van der Waals surface area contributed by atoms with E-state index in [0.717, 1.165) is 12.2 Å². The SMILES string of the molecule is CCc1nn(CC2CCCC2)c(CC)c1S(=O)(=O)Cl. The van der Waals surface area contributed by atoms with E-state index in [0.29, 0.717) is 24.5 Å². The standard InChI is InChI=1S/C13H21ClN2O2S/c1-3-11-13(19(14,17)18)12(4-2)16(15-11)9-10-7-5-6-8-10/h10H,3-9H2,1-2H3. The van der Waals surface area contributed by atoms with Crippen molar-refractivity contribution in [2.24, 2.45) is 5.92 Å². The van der Waals surface area contributed by atoms with Gasteiger partial charge in [-0.15, -0.1) is 0 Å². The number of aromatic nitrogens is 2. The largest absolute Gasteiger partial charge is 0.268 e. The summed E-state index contributed by atoms with van der Waals surface area (Å²) in [7, 11) is 1.86. The molecule has 108 valence electrons. The van der Waals surface area contributed by atoms with Crippen LogP contribution < -0.4 is 0 Å². The number of aryl methyl sites for hydroxylation is 1. The van der Waals surface area contributed by atoms with Crippen LogP contribution in [0.4, 0.5) is 0 Å². The van der Waals surface area contributed by atoms with Crippen molar-refractivity contribution in [3.63, 3.8) is 0 Å². The van der Waals surface area contributed by atoms with Crippen molar-refractivity contribution in [3.05, 3.63) is 11.4 Å². The van der Waals surface area contributed by atoms with Crippen molar-refractivity contribution in [3.8, 4) is 0 Å². The Morgan fingerprint density at radius 3 is 2.37 bits per heavy atom. The monoisotopic (exact) mass is 304 g/mol. The zero-order chi connectivity index (χ0) is 14.0. The maximum Gasteiger partial charge on any atom is 0.264 e. The lowest BCUT2D eigenvalue weighted by Gasteiger charge is -2.11. The van der Waals surface area contributed by atoms with Crippen LogP contribution in [0.5, 0.6) is 0 Å². The van der Waals surface area contributed by atoms with E-state index in [9.17, 15) is 8.42 Å². The average Bonchev–Trinajstić information content (AvgIpc) is 2.95. The number of hydrogen-bond acceptors (Lipinski definition) is 3. The summed E-state index contributed by atoms with van der Waals surface area (Å²) < 4.78 is 25.4.